The Morgan fingerprint density at radius 1 is 0.412 bits per heavy atom. The van der Waals surface area contributed by atoms with Gasteiger partial charge in [-0.25, -0.2) is 0 Å². The van der Waals surface area contributed by atoms with Gasteiger partial charge in [-0.1, -0.05) is 72.8 Å². The van der Waals surface area contributed by atoms with Gasteiger partial charge in [-0.2, -0.15) is 0 Å². The fourth-order valence-corrected chi connectivity index (χ4v) is 9.92. The molecule has 30 N–H and O–H groups in total. The number of nitrogens with one attached hydrogen (secondary N) is 12. The van der Waals surface area contributed by atoms with E-state index in [1.165, 1.54) is 20.8 Å². The largest absolute Gasteiger partial charge is 0.394 e. The summed E-state index contributed by atoms with van der Waals surface area (Å²) in [5.41, 5.74) is 46.1. The number of primary amides is 1. The van der Waals surface area contributed by atoms with Crippen LogP contribution in [0.25, 0.3) is 10.8 Å². The lowest BCUT2D eigenvalue weighted by Crippen LogP contribution is -2.60. The number of aliphatic hydroxyl groups is 2. The first-order valence-electron chi connectivity index (χ1n) is 33.4. The molecule has 102 heavy (non-hydrogen) atoms. The summed E-state index contributed by atoms with van der Waals surface area (Å²) in [6.45, 7) is 1.20. The molecule has 3 rings (SSSR count). The third kappa shape index (κ3) is 32.6. The summed E-state index contributed by atoms with van der Waals surface area (Å²) in [6, 6.07) is 7.60. The molecule has 0 saturated carbocycles. The van der Waals surface area contributed by atoms with Gasteiger partial charge in [-0.3, -0.25) is 72.3 Å². The van der Waals surface area contributed by atoms with Crippen molar-refractivity contribution in [3.05, 3.63) is 83.9 Å². The number of carbonyl (C=O) groups excluding carboxylic acids is 13. The van der Waals surface area contributed by atoms with Crippen molar-refractivity contribution < 1.29 is 72.5 Å². The zero-order valence-corrected chi connectivity index (χ0v) is 57.6. The van der Waals surface area contributed by atoms with Gasteiger partial charge in [0.15, 0.2) is 11.9 Å². The predicted molar refractivity (Wildman–Crippen MR) is 377 cm³/mol. The molecule has 0 radical (unpaired) electrons. The summed E-state index contributed by atoms with van der Waals surface area (Å²) >= 11 is 0. The van der Waals surface area contributed by atoms with Crippen molar-refractivity contribution in [2.45, 2.75) is 164 Å². The number of amides is 13. The van der Waals surface area contributed by atoms with Crippen molar-refractivity contribution in [3.8, 4) is 0 Å². The maximum absolute atomic E-state index is 14.2. The van der Waals surface area contributed by atoms with Crippen molar-refractivity contribution in [3.63, 3.8) is 0 Å². The first-order chi connectivity index (χ1) is 48.5. The molecule has 0 heterocycles. The molecule has 3 aromatic carbocycles. The summed E-state index contributed by atoms with van der Waals surface area (Å²) < 4.78 is 0. The molecule has 3 aromatic rings. The molecule has 11 atom stereocenters. The lowest BCUT2D eigenvalue weighted by Gasteiger charge is -2.26. The van der Waals surface area contributed by atoms with Crippen LogP contribution in [0.5, 0.6) is 0 Å². The number of benzene rings is 3. The summed E-state index contributed by atoms with van der Waals surface area (Å²) in [5, 5.41) is 52.1. The SMILES string of the molecule is C[C@H](NC(=O)CNC(=O)[C@@H](NC(=O)[C@H](Cc1ccc2ccccc2c1)NC(=O)CNC(=O)CNC(=O)[C@@H](N)Cc1ccccc1)[C@@H](C)O)C(=O)N[C@@H](CCCN=C(N)N)C(=O)N[C@@H](CCCCN)C(=O)N[C@@H](CO)C(=O)N[C@@H](C)C(=O)N[C@@H](CCCN=C(N)N)C(=O)N[C@@H](CCCCN)C(N)=O. The van der Waals surface area contributed by atoms with E-state index in [2.05, 4.69) is 73.8 Å². The second-order valence-corrected chi connectivity index (χ2v) is 24.1. The molecule has 0 spiro atoms. The van der Waals surface area contributed by atoms with Crippen LogP contribution in [0.3, 0.4) is 0 Å². The van der Waals surface area contributed by atoms with E-state index in [1.807, 2.05) is 24.3 Å². The standard InChI is InChI=1S/C65H102N22O15/c1-36(79-51(91)34-78-63(102)53(38(3)89)87-61(100)48(31-40-23-24-41-17-7-8-18-42(41)29-40)81-52(92)33-76-50(90)32-77-57(96)43(68)30-39-15-5-4-6-16-39)55(94)83-47(22-14-28-75-65(72)73)59(98)85-45(20-10-12-26-67)60(99)86-49(35-88)62(101)80-37(2)56(95)84-46(21-13-27-74-64(70)71)58(97)82-44(54(69)93)19-9-11-25-66/h4-8,15-18,23-24,29,36-38,43-49,53,88-89H,9-14,19-22,25-28,30-35,66-68H2,1-3H3,(H2,69,93)(H,76,90)(H,77,96)(H,78,102)(H,79,91)(H,80,101)(H,81,92)(H,82,97)(H,83,94)(H,84,95)(H,85,98)(H,86,99)(H,87,100)(H4,70,71,74)(H4,72,73,75)/t36-,37-,38+,43-,44-,45-,46-,47-,48-,49-,53-/m0/s1. The number of hydrogen-bond donors (Lipinski definition) is 22. The van der Waals surface area contributed by atoms with Gasteiger partial charge < -0.3 is 120 Å². The average molecular weight is 1430 g/mol. The van der Waals surface area contributed by atoms with E-state index in [-0.39, 0.29) is 89.3 Å². The van der Waals surface area contributed by atoms with Crippen molar-refractivity contribution in [2.24, 2.45) is 55.9 Å². The van der Waals surface area contributed by atoms with Crippen molar-refractivity contribution >= 4 is 99.5 Å². The molecule has 0 aliphatic heterocycles. The number of nitrogens with two attached hydrogens (primary N) is 8. The lowest BCUT2D eigenvalue weighted by molar-refractivity contribution is -0.136. The number of rotatable bonds is 47. The minimum Gasteiger partial charge on any atom is -0.394 e. The lowest BCUT2D eigenvalue weighted by atomic mass is 10.0. The summed E-state index contributed by atoms with van der Waals surface area (Å²) in [6.07, 6.45) is 0.181. The fourth-order valence-electron chi connectivity index (χ4n) is 9.92. The Kier molecular flexibility index (Phi) is 38.5. The fraction of sp³-hybridized carbons (Fsp3) is 0.523. The van der Waals surface area contributed by atoms with Crippen LogP contribution in [-0.4, -0.2) is 218 Å². The van der Waals surface area contributed by atoms with E-state index in [4.69, 9.17) is 45.9 Å². The minimum atomic E-state index is -1.74. The predicted octanol–water partition coefficient (Wildman–Crippen LogP) is -8.07. The number of aliphatic imine (C=N–C) groups is 2. The van der Waals surface area contributed by atoms with Crippen LogP contribution in [-0.2, 0) is 75.2 Å². The number of aliphatic hydroxyl groups excluding tert-OH is 2. The van der Waals surface area contributed by atoms with Crippen molar-refractivity contribution in [1.29, 1.82) is 0 Å². The Morgan fingerprint density at radius 2 is 0.853 bits per heavy atom. The molecule has 0 aliphatic rings. The highest BCUT2D eigenvalue weighted by Crippen LogP contribution is 2.18. The number of nitrogens with zero attached hydrogens (tertiary/aromatic N) is 2. The molecule has 37 nitrogen and oxygen atoms in total. The third-order valence-corrected chi connectivity index (χ3v) is 15.6. The maximum Gasteiger partial charge on any atom is 0.245 e. The highest BCUT2D eigenvalue weighted by Gasteiger charge is 2.35. The van der Waals surface area contributed by atoms with E-state index in [9.17, 15) is 72.5 Å². The quantitative estimate of drug-likeness (QED) is 0.0142. The molecule has 13 amide bonds. The van der Waals surface area contributed by atoms with Gasteiger partial charge >= 0.3 is 0 Å². The molecule has 0 fully saturated rings. The molecule has 562 valence electrons. The van der Waals surface area contributed by atoms with E-state index >= 15 is 0 Å². The molecular formula is C65H102N22O15. The zero-order valence-electron chi connectivity index (χ0n) is 57.6. The van der Waals surface area contributed by atoms with Crippen LogP contribution in [0, 0.1) is 0 Å². The normalized spacial score (nSPS) is 14.2. The Hall–Kier alpha value is -10.6. The molecular weight excluding hydrogens is 1330 g/mol. The Labute approximate surface area is 590 Å². The summed E-state index contributed by atoms with van der Waals surface area (Å²) in [4.78, 5) is 182. The second kappa shape index (κ2) is 45.9. The summed E-state index contributed by atoms with van der Waals surface area (Å²) in [7, 11) is 0. The molecule has 0 bridgehead atoms. The molecule has 0 aliphatic carbocycles. The average Bonchev–Trinajstić information content (AvgIpc) is 0.835. The molecule has 0 unspecified atom stereocenters. The minimum absolute atomic E-state index is 0.0275. The van der Waals surface area contributed by atoms with Gasteiger partial charge in [-0.05, 0) is 126 Å². The maximum atomic E-state index is 14.2. The van der Waals surface area contributed by atoms with Crippen LogP contribution in [0.1, 0.15) is 96.1 Å². The Bertz CT molecular complexity index is 3350. The van der Waals surface area contributed by atoms with Crippen LogP contribution in [0.4, 0.5) is 0 Å². The molecule has 0 saturated heterocycles. The second-order valence-electron chi connectivity index (χ2n) is 24.1. The van der Waals surface area contributed by atoms with Gasteiger partial charge in [-0.15, -0.1) is 0 Å². The highest BCUT2D eigenvalue weighted by atomic mass is 16.3. The Morgan fingerprint density at radius 3 is 1.38 bits per heavy atom. The van der Waals surface area contributed by atoms with Crippen molar-refractivity contribution in [2.75, 3.05) is 52.4 Å². The topological polar surface area (TPSA) is 640 Å². The Balaban J connectivity index is 1.71. The number of guanidine groups is 2. The van der Waals surface area contributed by atoms with Gasteiger partial charge in [0.2, 0.25) is 76.8 Å². The van der Waals surface area contributed by atoms with Crippen LogP contribution in [0.2, 0.25) is 0 Å². The van der Waals surface area contributed by atoms with E-state index < -0.39 is 170 Å². The van der Waals surface area contributed by atoms with E-state index in [1.54, 1.807) is 48.5 Å². The number of fused-ring (bicyclic) bond motifs is 1. The van der Waals surface area contributed by atoms with Gasteiger partial charge in [0, 0.05) is 19.5 Å². The number of carbonyl (C=O) groups is 13. The van der Waals surface area contributed by atoms with Crippen LogP contribution < -0.4 is 110 Å². The first kappa shape index (κ1) is 85.6. The first-order valence-corrected chi connectivity index (χ1v) is 33.4. The number of hydrogen-bond acceptors (Lipinski definition) is 20. The zero-order chi connectivity index (χ0) is 75.8. The van der Waals surface area contributed by atoms with Gasteiger partial charge in [0.1, 0.15) is 54.4 Å². The van der Waals surface area contributed by atoms with E-state index in [0.29, 0.717) is 31.4 Å². The third-order valence-electron chi connectivity index (χ3n) is 15.6. The number of unbranched alkanes of at least 4 members (excludes halogenated alkanes) is 2. The van der Waals surface area contributed by atoms with Crippen LogP contribution >= 0.6 is 0 Å². The summed E-state index contributed by atoms with van der Waals surface area (Å²) in [5.74, 6) is -12.1. The van der Waals surface area contributed by atoms with E-state index in [0.717, 1.165) is 16.3 Å². The van der Waals surface area contributed by atoms with Crippen LogP contribution in [0.15, 0.2) is 82.8 Å². The monoisotopic (exact) mass is 1430 g/mol. The van der Waals surface area contributed by atoms with Gasteiger partial charge in [0.25, 0.3) is 0 Å². The van der Waals surface area contributed by atoms with Gasteiger partial charge in [0.05, 0.1) is 38.4 Å². The molecule has 37 heteroatoms. The highest BCUT2D eigenvalue weighted by molar-refractivity contribution is 5.99. The smallest absolute Gasteiger partial charge is 0.245 e. The van der Waals surface area contributed by atoms with Crippen molar-refractivity contribution in [1.82, 2.24) is 63.8 Å². The molecule has 0 aromatic heterocycles.